The Kier molecular flexibility index (Phi) is 7.10. The average molecular weight is 450 g/mol. The number of nitrogens with zero attached hydrogens (tertiary/aromatic N) is 1. The molecule has 1 heterocycles. The first-order chi connectivity index (χ1) is 15.2. The van der Waals surface area contributed by atoms with Gasteiger partial charge in [0.25, 0.3) is 17.7 Å². The zero-order valence-electron chi connectivity index (χ0n) is 18.6. The zero-order chi connectivity index (χ0) is 23.3. The lowest BCUT2D eigenvalue weighted by atomic mass is 10.0. The highest BCUT2D eigenvalue weighted by molar-refractivity contribution is 7.12. The molecule has 0 atom stereocenters. The van der Waals surface area contributed by atoms with Gasteiger partial charge in [0.2, 0.25) is 0 Å². The number of anilines is 2. The number of rotatable bonds is 7. The third kappa shape index (κ3) is 5.42. The Morgan fingerprint density at radius 3 is 2.25 bits per heavy atom. The van der Waals surface area contributed by atoms with E-state index in [1.165, 1.54) is 16.2 Å². The molecule has 3 amide bonds. The Labute approximate surface area is 192 Å². The number of thiophene rings is 1. The quantitative estimate of drug-likeness (QED) is 0.521. The highest BCUT2D eigenvalue weighted by Gasteiger charge is 2.21. The minimum absolute atomic E-state index is 0.159. The van der Waals surface area contributed by atoms with E-state index in [1.54, 1.807) is 61.6 Å². The first-order valence-corrected chi connectivity index (χ1v) is 11.2. The average Bonchev–Trinajstić information content (AvgIpc) is 3.33. The smallest absolute Gasteiger partial charge is 0.268 e. The van der Waals surface area contributed by atoms with Crippen LogP contribution in [0.15, 0.2) is 66.0 Å². The van der Waals surface area contributed by atoms with E-state index in [0.29, 0.717) is 27.4 Å². The number of para-hydroxylation sites is 1. The van der Waals surface area contributed by atoms with Crippen molar-refractivity contribution in [2.45, 2.75) is 32.7 Å². The van der Waals surface area contributed by atoms with Gasteiger partial charge < -0.3 is 15.5 Å². The monoisotopic (exact) mass is 449 g/mol. The second-order valence-electron chi connectivity index (χ2n) is 8.08. The number of carbonyl (C=O) groups is 3. The van der Waals surface area contributed by atoms with Gasteiger partial charge in [-0.15, -0.1) is 11.3 Å². The molecule has 0 unspecified atom stereocenters. The minimum atomic E-state index is -0.337. The van der Waals surface area contributed by atoms with Crippen molar-refractivity contribution in [2.24, 2.45) is 0 Å². The molecule has 3 aromatic rings. The van der Waals surface area contributed by atoms with Gasteiger partial charge in [0.05, 0.1) is 16.1 Å². The van der Waals surface area contributed by atoms with Crippen molar-refractivity contribution in [2.75, 3.05) is 17.3 Å². The molecule has 0 aliphatic rings. The van der Waals surface area contributed by atoms with Crippen molar-refractivity contribution in [1.29, 1.82) is 0 Å². The van der Waals surface area contributed by atoms with E-state index in [9.17, 15) is 14.4 Å². The summed E-state index contributed by atoms with van der Waals surface area (Å²) in [5, 5.41) is 7.67. The Bertz CT molecular complexity index is 1110. The highest BCUT2D eigenvalue weighted by Crippen LogP contribution is 2.24. The molecule has 0 radical (unpaired) electrons. The van der Waals surface area contributed by atoms with Gasteiger partial charge in [-0.25, -0.2) is 0 Å². The van der Waals surface area contributed by atoms with Crippen molar-refractivity contribution < 1.29 is 14.4 Å². The lowest BCUT2D eigenvalue weighted by molar-refractivity contribution is 0.0910. The molecular formula is C25H27N3O3S. The Morgan fingerprint density at radius 1 is 0.938 bits per heavy atom. The van der Waals surface area contributed by atoms with E-state index in [0.717, 1.165) is 6.42 Å². The molecule has 7 heteroatoms. The number of hydrogen-bond donors (Lipinski definition) is 2. The second-order valence-corrected chi connectivity index (χ2v) is 9.03. The predicted octanol–water partition coefficient (Wildman–Crippen LogP) is 5.20. The summed E-state index contributed by atoms with van der Waals surface area (Å²) in [7, 11) is 1.65. The summed E-state index contributed by atoms with van der Waals surface area (Å²) >= 11 is 1.35. The van der Waals surface area contributed by atoms with Crippen LogP contribution in [-0.4, -0.2) is 30.3 Å². The topological polar surface area (TPSA) is 78.5 Å². The van der Waals surface area contributed by atoms with Gasteiger partial charge in [0, 0.05) is 23.8 Å². The molecule has 1 aromatic heterocycles. The maximum Gasteiger partial charge on any atom is 0.268 e. The summed E-state index contributed by atoms with van der Waals surface area (Å²) in [5.41, 5.74) is 1.68. The van der Waals surface area contributed by atoms with Gasteiger partial charge in [0.1, 0.15) is 0 Å². The van der Waals surface area contributed by atoms with Gasteiger partial charge >= 0.3 is 0 Å². The van der Waals surface area contributed by atoms with Crippen LogP contribution >= 0.6 is 11.3 Å². The minimum Gasteiger partial charge on any atom is -0.347 e. The maximum atomic E-state index is 13.0. The van der Waals surface area contributed by atoms with Crippen molar-refractivity contribution in [3.63, 3.8) is 0 Å². The van der Waals surface area contributed by atoms with Crippen LogP contribution in [0.2, 0.25) is 0 Å². The van der Waals surface area contributed by atoms with E-state index in [1.807, 2.05) is 32.2 Å². The number of hydrogen-bond acceptors (Lipinski definition) is 4. The van der Waals surface area contributed by atoms with Gasteiger partial charge in [-0.1, -0.05) is 25.1 Å². The largest absolute Gasteiger partial charge is 0.347 e. The van der Waals surface area contributed by atoms with E-state index in [-0.39, 0.29) is 23.3 Å². The first-order valence-electron chi connectivity index (χ1n) is 10.4. The molecule has 32 heavy (non-hydrogen) atoms. The van der Waals surface area contributed by atoms with Crippen LogP contribution in [0, 0.1) is 0 Å². The van der Waals surface area contributed by atoms with Crippen LogP contribution in [0.3, 0.4) is 0 Å². The maximum absolute atomic E-state index is 13.0. The normalized spacial score (nSPS) is 11.0. The lowest BCUT2D eigenvalue weighted by Gasteiger charge is -2.24. The number of carbonyl (C=O) groups excluding carboxylic acids is 3. The fourth-order valence-corrected chi connectivity index (χ4v) is 3.70. The summed E-state index contributed by atoms with van der Waals surface area (Å²) in [6.45, 7) is 5.95. The second kappa shape index (κ2) is 9.78. The van der Waals surface area contributed by atoms with Crippen LogP contribution in [0.4, 0.5) is 11.4 Å². The van der Waals surface area contributed by atoms with Gasteiger partial charge in [-0.2, -0.15) is 0 Å². The van der Waals surface area contributed by atoms with Crippen LogP contribution in [0.5, 0.6) is 0 Å². The summed E-state index contributed by atoms with van der Waals surface area (Å²) < 4.78 is 0. The number of nitrogens with one attached hydrogen (secondary N) is 2. The predicted molar refractivity (Wildman–Crippen MR) is 130 cm³/mol. The molecule has 0 saturated carbocycles. The SMILES string of the molecule is CCC(C)(C)NC(=O)c1ccc(NC(=O)c2ccccc2N(C)C(=O)c2cccs2)cc1. The Hall–Kier alpha value is -3.45. The van der Waals surface area contributed by atoms with Crippen molar-refractivity contribution >= 4 is 40.4 Å². The molecule has 0 fully saturated rings. The summed E-state index contributed by atoms with van der Waals surface area (Å²) in [6, 6.07) is 17.3. The molecule has 6 nitrogen and oxygen atoms in total. The molecular weight excluding hydrogens is 422 g/mol. The fraction of sp³-hybridized carbons (Fsp3) is 0.240. The third-order valence-corrected chi connectivity index (χ3v) is 6.15. The third-order valence-electron chi connectivity index (χ3n) is 5.29. The summed E-state index contributed by atoms with van der Waals surface area (Å²) in [5.74, 6) is -0.671. The van der Waals surface area contributed by atoms with Crippen LogP contribution < -0.4 is 15.5 Å². The van der Waals surface area contributed by atoms with E-state index >= 15 is 0 Å². The van der Waals surface area contributed by atoms with Crippen LogP contribution in [0.25, 0.3) is 0 Å². The lowest BCUT2D eigenvalue weighted by Crippen LogP contribution is -2.42. The van der Waals surface area contributed by atoms with Gasteiger partial charge in [0.15, 0.2) is 0 Å². The highest BCUT2D eigenvalue weighted by atomic mass is 32.1. The first kappa shape index (κ1) is 23.2. The molecule has 0 spiro atoms. The molecule has 0 aliphatic carbocycles. The van der Waals surface area contributed by atoms with Crippen molar-refractivity contribution in [3.8, 4) is 0 Å². The molecule has 0 aliphatic heterocycles. The molecule has 0 bridgehead atoms. The number of benzene rings is 2. The van der Waals surface area contributed by atoms with E-state index in [2.05, 4.69) is 10.6 Å². The van der Waals surface area contributed by atoms with Gasteiger partial charge in [-0.05, 0) is 68.1 Å². The van der Waals surface area contributed by atoms with E-state index < -0.39 is 0 Å². The van der Waals surface area contributed by atoms with Crippen molar-refractivity contribution in [3.05, 3.63) is 82.0 Å². The molecule has 0 saturated heterocycles. The molecule has 2 N–H and O–H groups in total. The fourth-order valence-electron chi connectivity index (χ4n) is 3.00. The Morgan fingerprint density at radius 2 is 1.62 bits per heavy atom. The Balaban J connectivity index is 1.74. The van der Waals surface area contributed by atoms with Gasteiger partial charge in [-0.3, -0.25) is 14.4 Å². The van der Waals surface area contributed by atoms with Crippen LogP contribution in [-0.2, 0) is 0 Å². The summed E-state index contributed by atoms with van der Waals surface area (Å²) in [4.78, 5) is 40.2. The van der Waals surface area contributed by atoms with E-state index in [4.69, 9.17) is 0 Å². The molecule has 2 aromatic carbocycles. The summed E-state index contributed by atoms with van der Waals surface area (Å²) in [6.07, 6.45) is 0.815. The molecule has 166 valence electrons. The number of amides is 3. The van der Waals surface area contributed by atoms with Crippen LogP contribution in [0.1, 0.15) is 57.6 Å². The zero-order valence-corrected chi connectivity index (χ0v) is 19.5. The van der Waals surface area contributed by atoms with Crippen molar-refractivity contribution in [1.82, 2.24) is 5.32 Å². The molecule has 3 rings (SSSR count). The standard InChI is InChI=1S/C25H27N3O3S/c1-5-25(2,3)27-22(29)17-12-14-18(15-13-17)26-23(30)19-9-6-7-10-20(19)28(4)24(31)21-11-8-16-32-21/h6-16H,5H2,1-4H3,(H,26,30)(H,27,29).